The third-order valence-electron chi connectivity index (χ3n) is 6.72. The lowest BCUT2D eigenvalue weighted by Gasteiger charge is -2.17. The Labute approximate surface area is 219 Å². The summed E-state index contributed by atoms with van der Waals surface area (Å²) >= 11 is 0. The summed E-state index contributed by atoms with van der Waals surface area (Å²) < 4.78 is 0. The number of unbranched alkanes of at least 4 members (excludes halogenated alkanes) is 6. The van der Waals surface area contributed by atoms with Crippen LogP contribution in [-0.4, -0.2) is 45.2 Å². The molecule has 1 aromatic rings. The molecule has 0 unspecified atom stereocenters. The summed E-state index contributed by atoms with van der Waals surface area (Å²) in [5.41, 5.74) is 4.89. The van der Waals surface area contributed by atoms with Gasteiger partial charge in [0, 0.05) is 6.42 Å². The number of carboxylic acid groups (broad SMARTS) is 1. The lowest BCUT2D eigenvalue weighted by molar-refractivity contribution is -0.137. The molecule has 0 aliphatic rings. The topological polar surface area (TPSA) is 98.0 Å². The van der Waals surface area contributed by atoms with E-state index in [2.05, 4.69) is 38.1 Å². The molecule has 204 valence electrons. The van der Waals surface area contributed by atoms with E-state index < -0.39 is 18.2 Å². The second kappa shape index (κ2) is 20.1. The van der Waals surface area contributed by atoms with Gasteiger partial charge >= 0.3 is 5.97 Å². The Balaban J connectivity index is 2.97. The average molecular weight is 503 g/mol. The predicted molar refractivity (Wildman–Crippen MR) is 148 cm³/mol. The van der Waals surface area contributed by atoms with E-state index in [-0.39, 0.29) is 13.0 Å². The third-order valence-corrected chi connectivity index (χ3v) is 6.72. The van der Waals surface area contributed by atoms with Crippen molar-refractivity contribution in [3.63, 3.8) is 0 Å². The molecule has 0 bridgehead atoms. The Morgan fingerprint density at radius 3 is 2.28 bits per heavy atom. The molecule has 5 heteroatoms. The number of aliphatic hydroxyl groups is 3. The van der Waals surface area contributed by atoms with E-state index in [0.29, 0.717) is 12.8 Å². The zero-order valence-electron chi connectivity index (χ0n) is 22.6. The maximum atomic E-state index is 10.7. The quantitative estimate of drug-likeness (QED) is 0.113. The molecule has 0 aromatic heterocycles. The van der Waals surface area contributed by atoms with Crippen LogP contribution in [0.4, 0.5) is 0 Å². The van der Waals surface area contributed by atoms with Crippen molar-refractivity contribution in [2.24, 2.45) is 0 Å². The van der Waals surface area contributed by atoms with Gasteiger partial charge < -0.3 is 20.4 Å². The minimum absolute atomic E-state index is 0.225. The normalized spacial score (nSPS) is 14.1. The first-order valence-corrected chi connectivity index (χ1v) is 14.0. The number of aliphatic hydroxyl groups excluding tert-OH is 3. The Hall–Kier alpha value is -1.95. The molecular weight excluding hydrogens is 452 g/mol. The van der Waals surface area contributed by atoms with Crippen LogP contribution < -0.4 is 0 Å². The SMILES string of the molecule is CCCCC[C@H](O)C=CC(CCc1cccc(CC)c1)=C(CCCCCCCC(=O)O)C[C@H](O)CO. The lowest BCUT2D eigenvalue weighted by atomic mass is 9.91. The summed E-state index contributed by atoms with van der Waals surface area (Å²) in [5, 5.41) is 39.0. The largest absolute Gasteiger partial charge is 0.481 e. The van der Waals surface area contributed by atoms with Crippen LogP contribution in [0.25, 0.3) is 0 Å². The van der Waals surface area contributed by atoms with Gasteiger partial charge in [0.05, 0.1) is 18.8 Å². The van der Waals surface area contributed by atoms with E-state index in [1.54, 1.807) is 0 Å². The Morgan fingerprint density at radius 1 is 0.917 bits per heavy atom. The molecule has 0 heterocycles. The van der Waals surface area contributed by atoms with Gasteiger partial charge in [-0.15, -0.1) is 0 Å². The standard InChI is InChI=1S/C31H50O5/c1-3-5-9-16-29(33)21-20-27(19-18-26-14-12-13-25(4-2)22-26)28(23-30(34)24-32)15-10-7-6-8-11-17-31(35)36/h12-14,20-22,29-30,32-34H,3-11,15-19,23-24H2,1-2H3,(H,35,36)/t29-,30-/m0/s1. The fourth-order valence-electron chi connectivity index (χ4n) is 4.48. The van der Waals surface area contributed by atoms with Gasteiger partial charge in [0.2, 0.25) is 0 Å². The minimum Gasteiger partial charge on any atom is -0.481 e. The summed E-state index contributed by atoms with van der Waals surface area (Å²) in [7, 11) is 0. The second-order valence-corrected chi connectivity index (χ2v) is 9.93. The summed E-state index contributed by atoms with van der Waals surface area (Å²) in [6.45, 7) is 4.04. The van der Waals surface area contributed by atoms with Gasteiger partial charge in [0.25, 0.3) is 0 Å². The van der Waals surface area contributed by atoms with Gasteiger partial charge in [-0.1, -0.05) is 94.4 Å². The average Bonchev–Trinajstić information content (AvgIpc) is 2.87. The molecular formula is C31H50O5. The van der Waals surface area contributed by atoms with E-state index in [9.17, 15) is 20.1 Å². The van der Waals surface area contributed by atoms with Crippen LogP contribution in [0.15, 0.2) is 47.6 Å². The number of allylic oxidation sites excluding steroid dienone is 2. The number of carboxylic acids is 1. The van der Waals surface area contributed by atoms with Crippen LogP contribution in [0.1, 0.15) is 108 Å². The van der Waals surface area contributed by atoms with Crippen molar-refractivity contribution in [1.29, 1.82) is 0 Å². The maximum Gasteiger partial charge on any atom is 0.303 e. The van der Waals surface area contributed by atoms with E-state index in [0.717, 1.165) is 88.2 Å². The Kier molecular flexibility index (Phi) is 18.0. The van der Waals surface area contributed by atoms with E-state index >= 15 is 0 Å². The molecule has 0 radical (unpaired) electrons. The number of carbonyl (C=O) groups is 1. The smallest absolute Gasteiger partial charge is 0.303 e. The number of benzene rings is 1. The van der Waals surface area contributed by atoms with Crippen LogP contribution in [0.5, 0.6) is 0 Å². The van der Waals surface area contributed by atoms with Crippen LogP contribution in [0.2, 0.25) is 0 Å². The van der Waals surface area contributed by atoms with Crippen LogP contribution >= 0.6 is 0 Å². The first kappa shape index (κ1) is 32.1. The number of hydrogen-bond donors (Lipinski definition) is 4. The van der Waals surface area contributed by atoms with Gasteiger partial charge in [-0.25, -0.2) is 0 Å². The molecule has 0 saturated carbocycles. The second-order valence-electron chi connectivity index (χ2n) is 9.93. The van der Waals surface area contributed by atoms with Gasteiger partial charge in [0.1, 0.15) is 0 Å². The highest BCUT2D eigenvalue weighted by Gasteiger charge is 2.12. The fourth-order valence-corrected chi connectivity index (χ4v) is 4.48. The van der Waals surface area contributed by atoms with Crippen molar-refractivity contribution >= 4 is 5.97 Å². The molecule has 0 fully saturated rings. The third kappa shape index (κ3) is 15.2. The van der Waals surface area contributed by atoms with E-state index in [1.165, 1.54) is 11.1 Å². The van der Waals surface area contributed by atoms with Crippen molar-refractivity contribution in [3.8, 4) is 0 Å². The molecule has 4 N–H and O–H groups in total. The van der Waals surface area contributed by atoms with Gasteiger partial charge in [-0.3, -0.25) is 4.79 Å². The highest BCUT2D eigenvalue weighted by atomic mass is 16.4. The zero-order chi connectivity index (χ0) is 26.6. The van der Waals surface area contributed by atoms with Gasteiger partial charge in [-0.2, -0.15) is 0 Å². The molecule has 1 aromatic carbocycles. The summed E-state index contributed by atoms with van der Waals surface area (Å²) in [5.74, 6) is -0.740. The highest BCUT2D eigenvalue weighted by molar-refractivity contribution is 5.66. The first-order valence-electron chi connectivity index (χ1n) is 14.0. The monoisotopic (exact) mass is 502 g/mol. The molecule has 0 amide bonds. The Bertz CT molecular complexity index is 783. The molecule has 0 aliphatic carbocycles. The Morgan fingerprint density at radius 2 is 1.61 bits per heavy atom. The number of hydrogen-bond acceptors (Lipinski definition) is 4. The molecule has 5 nitrogen and oxygen atoms in total. The summed E-state index contributed by atoms with van der Waals surface area (Å²) in [6.07, 6.45) is 15.4. The van der Waals surface area contributed by atoms with Crippen LogP contribution in [0, 0.1) is 0 Å². The fraction of sp³-hybridized carbons (Fsp3) is 0.645. The van der Waals surface area contributed by atoms with Crippen molar-refractivity contribution in [3.05, 3.63) is 58.7 Å². The van der Waals surface area contributed by atoms with E-state index in [4.69, 9.17) is 5.11 Å². The first-order chi connectivity index (χ1) is 17.4. The lowest BCUT2D eigenvalue weighted by Crippen LogP contribution is -2.14. The molecule has 0 aliphatic heterocycles. The summed E-state index contributed by atoms with van der Waals surface area (Å²) in [4.78, 5) is 10.7. The molecule has 0 spiro atoms. The molecule has 2 atom stereocenters. The number of aryl methyl sites for hydroxylation is 2. The van der Waals surface area contributed by atoms with Crippen LogP contribution in [0.3, 0.4) is 0 Å². The zero-order valence-corrected chi connectivity index (χ0v) is 22.6. The van der Waals surface area contributed by atoms with Crippen molar-refractivity contribution < 1.29 is 25.2 Å². The molecule has 36 heavy (non-hydrogen) atoms. The highest BCUT2D eigenvalue weighted by Crippen LogP contribution is 2.25. The van der Waals surface area contributed by atoms with E-state index in [1.807, 2.05) is 12.2 Å². The number of rotatable bonds is 21. The molecule has 0 saturated heterocycles. The summed E-state index contributed by atoms with van der Waals surface area (Å²) in [6, 6.07) is 8.65. The maximum absolute atomic E-state index is 10.7. The number of aliphatic carboxylic acids is 1. The van der Waals surface area contributed by atoms with Crippen LogP contribution in [-0.2, 0) is 17.6 Å². The minimum atomic E-state index is -0.795. The van der Waals surface area contributed by atoms with Gasteiger partial charge in [-0.05, 0) is 68.1 Å². The van der Waals surface area contributed by atoms with Crippen molar-refractivity contribution in [2.75, 3.05) is 6.61 Å². The van der Waals surface area contributed by atoms with Crippen molar-refractivity contribution in [2.45, 2.75) is 122 Å². The van der Waals surface area contributed by atoms with Gasteiger partial charge in [0.15, 0.2) is 0 Å². The van der Waals surface area contributed by atoms with Crippen molar-refractivity contribution in [1.82, 2.24) is 0 Å². The predicted octanol–water partition coefficient (Wildman–Crippen LogP) is 6.53. The molecule has 1 rings (SSSR count).